The standard InChI is InChI=1S/C9H9Cl2F3N2/c10-2-1-3-15-8-7(11)4-6(5-16-8)9(12,13)14/h4-5H,1-3H2,(H,15,16). The van der Waals surface area contributed by atoms with Gasteiger partial charge in [-0.15, -0.1) is 11.6 Å². The van der Waals surface area contributed by atoms with Gasteiger partial charge in [-0.05, 0) is 12.5 Å². The predicted molar refractivity (Wildman–Crippen MR) is 58.1 cm³/mol. The maximum Gasteiger partial charge on any atom is 0.417 e. The summed E-state index contributed by atoms with van der Waals surface area (Å²) < 4.78 is 36.8. The molecular formula is C9H9Cl2F3N2. The Morgan fingerprint density at radius 1 is 1.38 bits per heavy atom. The van der Waals surface area contributed by atoms with Gasteiger partial charge in [-0.1, -0.05) is 11.6 Å². The summed E-state index contributed by atoms with van der Waals surface area (Å²) in [5.74, 6) is 0.699. The van der Waals surface area contributed by atoms with Crippen molar-refractivity contribution in [2.45, 2.75) is 12.6 Å². The van der Waals surface area contributed by atoms with E-state index in [1.54, 1.807) is 0 Å². The van der Waals surface area contributed by atoms with Crippen molar-refractivity contribution in [2.24, 2.45) is 0 Å². The molecule has 0 atom stereocenters. The lowest BCUT2D eigenvalue weighted by molar-refractivity contribution is -0.137. The molecule has 0 bridgehead atoms. The van der Waals surface area contributed by atoms with Crippen LogP contribution in [-0.2, 0) is 6.18 Å². The molecule has 0 spiro atoms. The lowest BCUT2D eigenvalue weighted by Crippen LogP contribution is -2.08. The van der Waals surface area contributed by atoms with E-state index < -0.39 is 11.7 Å². The fourth-order valence-electron chi connectivity index (χ4n) is 0.997. The molecule has 90 valence electrons. The Hall–Kier alpha value is -0.680. The van der Waals surface area contributed by atoms with E-state index in [1.165, 1.54) is 0 Å². The fourth-order valence-corrected chi connectivity index (χ4v) is 1.36. The summed E-state index contributed by atoms with van der Waals surface area (Å²) in [5, 5.41) is 2.75. The van der Waals surface area contributed by atoms with E-state index in [2.05, 4.69) is 10.3 Å². The van der Waals surface area contributed by atoms with Crippen LogP contribution >= 0.6 is 23.2 Å². The average molecular weight is 273 g/mol. The van der Waals surface area contributed by atoms with Crippen molar-refractivity contribution in [3.63, 3.8) is 0 Å². The monoisotopic (exact) mass is 272 g/mol. The summed E-state index contributed by atoms with van der Waals surface area (Å²) in [6.07, 6.45) is -3.00. The van der Waals surface area contributed by atoms with E-state index in [1.807, 2.05) is 0 Å². The van der Waals surface area contributed by atoms with Crippen molar-refractivity contribution in [3.05, 3.63) is 22.8 Å². The number of hydrogen-bond donors (Lipinski definition) is 1. The SMILES string of the molecule is FC(F)(F)c1cnc(NCCCCl)c(Cl)c1. The highest BCUT2D eigenvalue weighted by atomic mass is 35.5. The minimum Gasteiger partial charge on any atom is -0.369 e. The van der Waals surface area contributed by atoms with Gasteiger partial charge in [0.2, 0.25) is 0 Å². The first-order chi connectivity index (χ1) is 7.45. The van der Waals surface area contributed by atoms with Crippen LogP contribution in [0.5, 0.6) is 0 Å². The molecule has 0 unspecified atom stereocenters. The molecule has 0 aliphatic carbocycles. The molecule has 0 radical (unpaired) electrons. The van der Waals surface area contributed by atoms with Crippen LogP contribution in [-0.4, -0.2) is 17.4 Å². The lowest BCUT2D eigenvalue weighted by Gasteiger charge is -2.10. The van der Waals surface area contributed by atoms with E-state index in [0.29, 0.717) is 18.8 Å². The molecule has 0 saturated carbocycles. The lowest BCUT2D eigenvalue weighted by atomic mass is 10.3. The van der Waals surface area contributed by atoms with Crippen LogP contribution in [0.2, 0.25) is 5.02 Å². The molecule has 0 saturated heterocycles. The second kappa shape index (κ2) is 5.59. The molecule has 1 heterocycles. The summed E-state index contributed by atoms with van der Waals surface area (Å²) in [7, 11) is 0. The van der Waals surface area contributed by atoms with Crippen LogP contribution in [0, 0.1) is 0 Å². The number of pyridine rings is 1. The van der Waals surface area contributed by atoms with Crippen molar-refractivity contribution in [1.29, 1.82) is 0 Å². The fraction of sp³-hybridized carbons (Fsp3) is 0.444. The van der Waals surface area contributed by atoms with Gasteiger partial charge in [0.15, 0.2) is 0 Å². The smallest absolute Gasteiger partial charge is 0.369 e. The van der Waals surface area contributed by atoms with Gasteiger partial charge in [-0.2, -0.15) is 13.2 Å². The number of rotatable bonds is 4. The zero-order valence-corrected chi connectivity index (χ0v) is 9.62. The maximum absolute atomic E-state index is 12.3. The van der Waals surface area contributed by atoms with E-state index in [0.717, 1.165) is 12.3 Å². The summed E-state index contributed by atoms with van der Waals surface area (Å²) in [4.78, 5) is 3.61. The molecule has 16 heavy (non-hydrogen) atoms. The van der Waals surface area contributed by atoms with Gasteiger partial charge in [0, 0.05) is 18.6 Å². The zero-order chi connectivity index (χ0) is 12.2. The second-order valence-corrected chi connectivity index (χ2v) is 3.81. The quantitative estimate of drug-likeness (QED) is 0.666. The van der Waals surface area contributed by atoms with Crippen molar-refractivity contribution >= 4 is 29.0 Å². The predicted octanol–water partition coefficient (Wildman–Crippen LogP) is 3.79. The summed E-state index contributed by atoms with van der Waals surface area (Å²) in [5.41, 5.74) is -0.861. The minimum absolute atomic E-state index is 0.0515. The number of anilines is 1. The third kappa shape index (κ3) is 3.72. The first kappa shape index (κ1) is 13.4. The molecule has 0 aliphatic rings. The van der Waals surface area contributed by atoms with Gasteiger partial charge in [0.1, 0.15) is 5.82 Å². The molecule has 0 aromatic carbocycles. The number of alkyl halides is 4. The van der Waals surface area contributed by atoms with Crippen molar-refractivity contribution < 1.29 is 13.2 Å². The van der Waals surface area contributed by atoms with Crippen LogP contribution < -0.4 is 5.32 Å². The molecule has 7 heteroatoms. The Labute approximate surface area is 101 Å². The molecule has 2 nitrogen and oxygen atoms in total. The summed E-state index contributed by atoms with van der Waals surface area (Å²) in [6, 6.07) is 0.845. The summed E-state index contributed by atoms with van der Waals surface area (Å²) >= 11 is 11.1. The van der Waals surface area contributed by atoms with Crippen LogP contribution in [0.3, 0.4) is 0 Å². The highest BCUT2D eigenvalue weighted by Crippen LogP contribution is 2.32. The molecular weight excluding hydrogens is 264 g/mol. The van der Waals surface area contributed by atoms with E-state index in [9.17, 15) is 13.2 Å². The molecule has 1 rings (SSSR count). The number of hydrogen-bond acceptors (Lipinski definition) is 2. The van der Waals surface area contributed by atoms with Crippen LogP contribution in [0.1, 0.15) is 12.0 Å². The second-order valence-electron chi connectivity index (χ2n) is 3.02. The number of aromatic nitrogens is 1. The number of nitrogens with zero attached hydrogens (tertiary/aromatic N) is 1. The molecule has 0 amide bonds. The van der Waals surface area contributed by atoms with Crippen LogP contribution in [0.25, 0.3) is 0 Å². The highest BCUT2D eigenvalue weighted by molar-refractivity contribution is 6.32. The van der Waals surface area contributed by atoms with Gasteiger partial charge in [0.25, 0.3) is 0 Å². The maximum atomic E-state index is 12.3. The zero-order valence-electron chi connectivity index (χ0n) is 8.11. The van der Waals surface area contributed by atoms with Gasteiger partial charge in [-0.25, -0.2) is 4.98 Å². The molecule has 0 aliphatic heterocycles. The van der Waals surface area contributed by atoms with Crippen LogP contribution in [0.15, 0.2) is 12.3 Å². The Morgan fingerprint density at radius 2 is 2.06 bits per heavy atom. The van der Waals surface area contributed by atoms with Crippen molar-refractivity contribution in [2.75, 3.05) is 17.7 Å². The van der Waals surface area contributed by atoms with Gasteiger partial charge >= 0.3 is 6.18 Å². The molecule has 1 N–H and O–H groups in total. The third-order valence-electron chi connectivity index (χ3n) is 1.77. The average Bonchev–Trinajstić information content (AvgIpc) is 2.19. The Bertz CT molecular complexity index is 355. The molecule has 1 aromatic rings. The van der Waals surface area contributed by atoms with E-state index in [4.69, 9.17) is 23.2 Å². The van der Waals surface area contributed by atoms with Gasteiger partial charge in [0.05, 0.1) is 10.6 Å². The van der Waals surface area contributed by atoms with Gasteiger partial charge < -0.3 is 5.32 Å². The van der Waals surface area contributed by atoms with Crippen molar-refractivity contribution in [3.8, 4) is 0 Å². The van der Waals surface area contributed by atoms with E-state index in [-0.39, 0.29) is 10.8 Å². The third-order valence-corrected chi connectivity index (χ3v) is 2.33. The normalized spacial score (nSPS) is 11.6. The van der Waals surface area contributed by atoms with E-state index >= 15 is 0 Å². The first-order valence-electron chi connectivity index (χ1n) is 4.47. The largest absolute Gasteiger partial charge is 0.417 e. The minimum atomic E-state index is -4.43. The first-order valence-corrected chi connectivity index (χ1v) is 5.39. The summed E-state index contributed by atoms with van der Waals surface area (Å²) in [6.45, 7) is 0.515. The number of nitrogens with one attached hydrogen (secondary N) is 1. The Kier molecular flexibility index (Phi) is 4.68. The topological polar surface area (TPSA) is 24.9 Å². The Morgan fingerprint density at radius 3 is 2.56 bits per heavy atom. The van der Waals surface area contributed by atoms with Crippen molar-refractivity contribution in [1.82, 2.24) is 4.98 Å². The van der Waals surface area contributed by atoms with Gasteiger partial charge in [-0.3, -0.25) is 0 Å². The highest BCUT2D eigenvalue weighted by Gasteiger charge is 2.31. The molecule has 1 aromatic heterocycles. The Balaban J connectivity index is 2.76. The number of halogens is 5. The van der Waals surface area contributed by atoms with Crippen LogP contribution in [0.4, 0.5) is 19.0 Å². The molecule has 0 fully saturated rings.